The van der Waals surface area contributed by atoms with Crippen molar-refractivity contribution < 1.29 is 32.9 Å². The Morgan fingerprint density at radius 1 is 1.10 bits per heavy atom. The highest BCUT2D eigenvalue weighted by Gasteiger charge is 2.19. The van der Waals surface area contributed by atoms with Crippen molar-refractivity contribution in [3.8, 4) is 11.5 Å². The van der Waals surface area contributed by atoms with Crippen molar-refractivity contribution in [3.63, 3.8) is 0 Å². The van der Waals surface area contributed by atoms with E-state index in [1.807, 2.05) is 0 Å². The van der Waals surface area contributed by atoms with E-state index in [1.165, 1.54) is 31.4 Å². The Labute approximate surface area is 167 Å². The van der Waals surface area contributed by atoms with E-state index in [1.54, 1.807) is 23.1 Å². The first-order valence-electron chi connectivity index (χ1n) is 9.15. The fourth-order valence-electron chi connectivity index (χ4n) is 2.82. The lowest BCUT2D eigenvalue weighted by Crippen LogP contribution is -2.43. The second-order valence-corrected chi connectivity index (χ2v) is 6.35. The van der Waals surface area contributed by atoms with Crippen LogP contribution < -0.4 is 9.47 Å². The molecule has 0 aliphatic carbocycles. The summed E-state index contributed by atoms with van der Waals surface area (Å²) in [6.07, 6.45) is 0. The Morgan fingerprint density at radius 3 is 2.62 bits per heavy atom. The molecule has 0 unspecified atom stereocenters. The SMILES string of the molecule is COc1cc(C(=O)OCc2cccc(F)c2)ccc1OCC(=O)N1CCOCC1. The number of halogens is 1. The molecule has 1 saturated heterocycles. The van der Waals surface area contributed by atoms with Gasteiger partial charge in [0.1, 0.15) is 12.4 Å². The van der Waals surface area contributed by atoms with Gasteiger partial charge < -0.3 is 23.8 Å². The van der Waals surface area contributed by atoms with Crippen LogP contribution in [0, 0.1) is 5.82 Å². The largest absolute Gasteiger partial charge is 0.493 e. The standard InChI is InChI=1S/C21H22FNO6/c1-26-19-12-16(21(25)29-13-15-3-2-4-17(22)11-15)5-6-18(19)28-14-20(24)23-7-9-27-10-8-23/h2-6,11-12H,7-10,13-14H2,1H3. The molecular weight excluding hydrogens is 381 g/mol. The summed E-state index contributed by atoms with van der Waals surface area (Å²) in [6.45, 7) is 1.92. The minimum absolute atomic E-state index is 0.0504. The third kappa shape index (κ3) is 5.68. The topological polar surface area (TPSA) is 74.3 Å². The molecule has 1 aliphatic rings. The first-order valence-corrected chi connectivity index (χ1v) is 9.15. The summed E-state index contributed by atoms with van der Waals surface area (Å²) in [7, 11) is 1.44. The van der Waals surface area contributed by atoms with Crippen molar-refractivity contribution in [2.45, 2.75) is 6.61 Å². The van der Waals surface area contributed by atoms with Gasteiger partial charge in [-0.05, 0) is 35.9 Å². The van der Waals surface area contributed by atoms with E-state index in [2.05, 4.69) is 0 Å². The van der Waals surface area contributed by atoms with Crippen LogP contribution >= 0.6 is 0 Å². The number of carbonyl (C=O) groups excluding carboxylic acids is 2. The molecule has 1 fully saturated rings. The second-order valence-electron chi connectivity index (χ2n) is 6.35. The highest BCUT2D eigenvalue weighted by atomic mass is 19.1. The molecule has 0 bridgehead atoms. The number of nitrogens with zero attached hydrogens (tertiary/aromatic N) is 1. The number of hydrogen-bond acceptors (Lipinski definition) is 6. The van der Waals surface area contributed by atoms with Crippen LogP contribution in [0.1, 0.15) is 15.9 Å². The van der Waals surface area contributed by atoms with E-state index in [0.717, 1.165) is 0 Å². The van der Waals surface area contributed by atoms with Crippen LogP contribution in [0.2, 0.25) is 0 Å². The third-order valence-corrected chi connectivity index (χ3v) is 4.37. The lowest BCUT2D eigenvalue weighted by molar-refractivity contribution is -0.137. The number of rotatable bonds is 7. The highest BCUT2D eigenvalue weighted by Crippen LogP contribution is 2.28. The van der Waals surface area contributed by atoms with E-state index in [9.17, 15) is 14.0 Å². The van der Waals surface area contributed by atoms with Crippen LogP contribution in [0.15, 0.2) is 42.5 Å². The molecular formula is C21H22FNO6. The van der Waals surface area contributed by atoms with Crippen LogP contribution in [-0.2, 0) is 20.9 Å². The second kappa shape index (κ2) is 9.88. The van der Waals surface area contributed by atoms with Gasteiger partial charge in [-0.1, -0.05) is 12.1 Å². The number of benzene rings is 2. The highest BCUT2D eigenvalue weighted by molar-refractivity contribution is 5.90. The summed E-state index contributed by atoms with van der Waals surface area (Å²) in [6, 6.07) is 10.4. The zero-order valence-corrected chi connectivity index (χ0v) is 16.1. The number of ether oxygens (including phenoxy) is 4. The fourth-order valence-corrected chi connectivity index (χ4v) is 2.82. The average Bonchev–Trinajstić information content (AvgIpc) is 2.76. The molecule has 3 rings (SSSR count). The molecule has 1 amide bonds. The summed E-state index contributed by atoms with van der Waals surface area (Å²) in [5.74, 6) is -0.471. The van der Waals surface area contributed by atoms with Gasteiger partial charge in [0.05, 0.1) is 25.9 Å². The molecule has 0 spiro atoms. The van der Waals surface area contributed by atoms with E-state index in [4.69, 9.17) is 18.9 Å². The maximum atomic E-state index is 13.2. The normalized spacial score (nSPS) is 13.7. The minimum atomic E-state index is -0.580. The molecule has 1 aliphatic heterocycles. The summed E-state index contributed by atoms with van der Waals surface area (Å²) >= 11 is 0. The van der Waals surface area contributed by atoms with Gasteiger partial charge in [0, 0.05) is 13.1 Å². The molecule has 0 atom stereocenters. The van der Waals surface area contributed by atoms with Crippen LogP contribution in [-0.4, -0.2) is 56.8 Å². The van der Waals surface area contributed by atoms with Gasteiger partial charge in [-0.15, -0.1) is 0 Å². The first-order chi connectivity index (χ1) is 14.1. The number of morpholine rings is 1. The predicted octanol–water partition coefficient (Wildman–Crippen LogP) is 2.43. The Balaban J connectivity index is 1.58. The molecule has 0 aromatic heterocycles. The fraction of sp³-hybridized carbons (Fsp3) is 0.333. The summed E-state index contributed by atoms with van der Waals surface area (Å²) in [4.78, 5) is 26.1. The third-order valence-electron chi connectivity index (χ3n) is 4.37. The molecule has 2 aromatic rings. The van der Waals surface area contributed by atoms with Crippen molar-refractivity contribution in [1.82, 2.24) is 4.90 Å². The molecule has 154 valence electrons. The van der Waals surface area contributed by atoms with Crippen LogP contribution in [0.4, 0.5) is 4.39 Å². The predicted molar refractivity (Wildman–Crippen MR) is 101 cm³/mol. The van der Waals surface area contributed by atoms with E-state index >= 15 is 0 Å². The van der Waals surface area contributed by atoms with Crippen molar-refractivity contribution in [2.24, 2.45) is 0 Å². The number of esters is 1. The minimum Gasteiger partial charge on any atom is -0.493 e. The van der Waals surface area contributed by atoms with Gasteiger partial charge in [-0.25, -0.2) is 9.18 Å². The quantitative estimate of drug-likeness (QED) is 0.661. The van der Waals surface area contributed by atoms with E-state index in [-0.39, 0.29) is 24.7 Å². The number of amides is 1. The van der Waals surface area contributed by atoms with Gasteiger partial charge in [0.15, 0.2) is 18.1 Å². The van der Waals surface area contributed by atoms with Crippen molar-refractivity contribution in [3.05, 3.63) is 59.4 Å². The van der Waals surface area contributed by atoms with E-state index in [0.29, 0.717) is 43.4 Å². The Hall–Kier alpha value is -3.13. The number of hydrogen-bond donors (Lipinski definition) is 0. The van der Waals surface area contributed by atoms with Gasteiger partial charge in [0.2, 0.25) is 0 Å². The van der Waals surface area contributed by atoms with Crippen molar-refractivity contribution in [2.75, 3.05) is 40.0 Å². The number of carbonyl (C=O) groups is 2. The number of methoxy groups -OCH3 is 1. The van der Waals surface area contributed by atoms with Crippen LogP contribution in [0.3, 0.4) is 0 Å². The Kier molecular flexibility index (Phi) is 7.02. The summed E-state index contributed by atoms with van der Waals surface area (Å²) in [5.41, 5.74) is 0.803. The molecule has 1 heterocycles. The molecule has 0 N–H and O–H groups in total. The molecule has 8 heteroatoms. The Bertz CT molecular complexity index is 866. The van der Waals surface area contributed by atoms with Gasteiger partial charge in [-0.3, -0.25) is 4.79 Å². The molecule has 0 radical (unpaired) electrons. The smallest absolute Gasteiger partial charge is 0.338 e. The zero-order valence-electron chi connectivity index (χ0n) is 16.1. The van der Waals surface area contributed by atoms with E-state index < -0.39 is 11.8 Å². The van der Waals surface area contributed by atoms with Gasteiger partial charge in [0.25, 0.3) is 5.91 Å². The Morgan fingerprint density at radius 2 is 1.90 bits per heavy atom. The molecule has 0 saturated carbocycles. The lowest BCUT2D eigenvalue weighted by Gasteiger charge is -2.26. The van der Waals surface area contributed by atoms with Gasteiger partial charge in [-0.2, -0.15) is 0 Å². The van der Waals surface area contributed by atoms with Crippen molar-refractivity contribution in [1.29, 1.82) is 0 Å². The molecule has 29 heavy (non-hydrogen) atoms. The van der Waals surface area contributed by atoms with Gasteiger partial charge >= 0.3 is 5.97 Å². The maximum absolute atomic E-state index is 13.2. The molecule has 2 aromatic carbocycles. The monoisotopic (exact) mass is 403 g/mol. The molecule has 7 nitrogen and oxygen atoms in total. The first kappa shape index (κ1) is 20.6. The summed E-state index contributed by atoms with van der Waals surface area (Å²) < 4.78 is 34.5. The van der Waals surface area contributed by atoms with Crippen LogP contribution in [0.5, 0.6) is 11.5 Å². The summed E-state index contributed by atoms with van der Waals surface area (Å²) in [5, 5.41) is 0. The maximum Gasteiger partial charge on any atom is 0.338 e. The zero-order chi connectivity index (χ0) is 20.6. The van der Waals surface area contributed by atoms with Crippen molar-refractivity contribution >= 4 is 11.9 Å². The average molecular weight is 403 g/mol. The lowest BCUT2D eigenvalue weighted by atomic mass is 10.2. The van der Waals surface area contributed by atoms with Crippen LogP contribution in [0.25, 0.3) is 0 Å².